The number of carbonyl (C=O) groups excluding carboxylic acids is 1. The van der Waals surface area contributed by atoms with E-state index in [4.69, 9.17) is 4.42 Å². The van der Waals surface area contributed by atoms with E-state index in [0.29, 0.717) is 5.76 Å². The Labute approximate surface area is 146 Å². The van der Waals surface area contributed by atoms with Crippen molar-refractivity contribution in [2.45, 2.75) is 31.3 Å². The summed E-state index contributed by atoms with van der Waals surface area (Å²) in [6, 6.07) is 7.44. The van der Waals surface area contributed by atoms with E-state index in [1.54, 1.807) is 33.0 Å². The number of halogens is 1. The molecule has 0 fully saturated rings. The molecule has 0 aliphatic rings. The normalized spacial score (nSPS) is 13.0. The van der Waals surface area contributed by atoms with E-state index >= 15 is 0 Å². The molecule has 0 radical (unpaired) electrons. The van der Waals surface area contributed by atoms with Gasteiger partial charge in [-0.25, -0.2) is 12.8 Å². The molecule has 1 heterocycles. The van der Waals surface area contributed by atoms with Gasteiger partial charge in [-0.2, -0.15) is 4.72 Å². The summed E-state index contributed by atoms with van der Waals surface area (Å²) in [7, 11) is -2.62. The van der Waals surface area contributed by atoms with Crippen molar-refractivity contribution in [2.75, 3.05) is 7.05 Å². The van der Waals surface area contributed by atoms with Crippen LogP contribution >= 0.6 is 0 Å². The summed E-state index contributed by atoms with van der Waals surface area (Å²) >= 11 is 0. The lowest BCUT2D eigenvalue weighted by Crippen LogP contribution is -2.50. The molecule has 1 atom stereocenters. The number of nitrogens with zero attached hydrogens (tertiary/aromatic N) is 1. The fourth-order valence-corrected chi connectivity index (χ4v) is 3.73. The summed E-state index contributed by atoms with van der Waals surface area (Å²) in [6.45, 7) is 3.64. The first-order valence-electron chi connectivity index (χ1n) is 7.76. The largest absolute Gasteiger partial charge is 0.467 e. The third-order valence-electron chi connectivity index (χ3n) is 3.69. The minimum atomic E-state index is -4.17. The molecule has 1 aromatic heterocycles. The molecule has 0 aliphatic carbocycles. The van der Waals surface area contributed by atoms with Gasteiger partial charge < -0.3 is 9.32 Å². The molecule has 136 valence electrons. The number of sulfonamides is 1. The maximum absolute atomic E-state index is 13.8. The van der Waals surface area contributed by atoms with Crippen molar-refractivity contribution in [3.63, 3.8) is 0 Å². The number of amides is 1. The van der Waals surface area contributed by atoms with Crippen molar-refractivity contribution in [3.8, 4) is 0 Å². The number of hydrogen-bond acceptors (Lipinski definition) is 4. The van der Waals surface area contributed by atoms with Gasteiger partial charge in [0.1, 0.15) is 22.5 Å². The lowest BCUT2D eigenvalue weighted by molar-refractivity contribution is -0.133. The number of nitrogens with one attached hydrogen (secondary N) is 1. The highest BCUT2D eigenvalue weighted by atomic mass is 32.2. The van der Waals surface area contributed by atoms with Crippen molar-refractivity contribution >= 4 is 15.9 Å². The third kappa shape index (κ3) is 4.67. The quantitative estimate of drug-likeness (QED) is 0.814. The summed E-state index contributed by atoms with van der Waals surface area (Å²) in [5.74, 6) is -1.04. The van der Waals surface area contributed by atoms with Crippen LogP contribution in [0.2, 0.25) is 0 Å². The Morgan fingerprint density at radius 3 is 2.48 bits per heavy atom. The highest BCUT2D eigenvalue weighted by Crippen LogP contribution is 2.17. The fourth-order valence-electron chi connectivity index (χ4n) is 2.32. The minimum absolute atomic E-state index is 0.205. The monoisotopic (exact) mass is 368 g/mol. The average Bonchev–Trinajstić information content (AvgIpc) is 3.05. The Hall–Kier alpha value is -2.19. The van der Waals surface area contributed by atoms with Crippen molar-refractivity contribution in [1.82, 2.24) is 9.62 Å². The molecule has 1 unspecified atom stereocenters. The second kappa shape index (κ2) is 7.79. The standard InChI is InChI=1S/C17H21FN2O4S/c1-12(2)16(17(21)20(3)11-13-7-6-10-24-13)19-25(22,23)15-9-5-4-8-14(15)18/h4-10,12,16,19H,11H2,1-3H3. The summed E-state index contributed by atoms with van der Waals surface area (Å²) in [5.41, 5.74) is 0. The molecule has 1 aromatic carbocycles. The first kappa shape index (κ1) is 19.1. The molecule has 2 rings (SSSR count). The fraction of sp³-hybridized carbons (Fsp3) is 0.353. The third-order valence-corrected chi connectivity index (χ3v) is 5.16. The van der Waals surface area contributed by atoms with Crippen LogP contribution in [0.3, 0.4) is 0 Å². The Balaban J connectivity index is 2.20. The number of rotatable bonds is 7. The van der Waals surface area contributed by atoms with Gasteiger partial charge in [0.05, 0.1) is 12.8 Å². The summed E-state index contributed by atoms with van der Waals surface area (Å²) in [6.07, 6.45) is 1.49. The molecule has 0 saturated heterocycles. The lowest BCUT2D eigenvalue weighted by Gasteiger charge is -2.26. The zero-order chi connectivity index (χ0) is 18.6. The highest BCUT2D eigenvalue weighted by molar-refractivity contribution is 7.89. The Kier molecular flexibility index (Phi) is 5.97. The van der Waals surface area contributed by atoms with E-state index < -0.39 is 32.7 Å². The van der Waals surface area contributed by atoms with Crippen LogP contribution in [0.4, 0.5) is 4.39 Å². The molecule has 1 N–H and O–H groups in total. The molecule has 0 saturated carbocycles. The molecular weight excluding hydrogens is 347 g/mol. The van der Waals surface area contributed by atoms with E-state index in [9.17, 15) is 17.6 Å². The molecule has 0 spiro atoms. The van der Waals surface area contributed by atoms with E-state index in [1.807, 2.05) is 0 Å². The van der Waals surface area contributed by atoms with Crippen molar-refractivity contribution in [2.24, 2.45) is 5.92 Å². The smallest absolute Gasteiger partial charge is 0.244 e. The number of furan rings is 1. The van der Waals surface area contributed by atoms with Crippen LogP contribution in [-0.4, -0.2) is 32.3 Å². The predicted octanol–water partition coefficient (Wildman–Crippen LogP) is 2.38. The highest BCUT2D eigenvalue weighted by Gasteiger charge is 2.31. The SMILES string of the molecule is CC(C)C(NS(=O)(=O)c1ccccc1F)C(=O)N(C)Cc1ccco1. The van der Waals surface area contributed by atoms with Gasteiger partial charge in [-0.1, -0.05) is 26.0 Å². The number of benzene rings is 1. The van der Waals surface area contributed by atoms with Crippen LogP contribution in [0, 0.1) is 11.7 Å². The van der Waals surface area contributed by atoms with Gasteiger partial charge in [0.2, 0.25) is 15.9 Å². The zero-order valence-electron chi connectivity index (χ0n) is 14.3. The Morgan fingerprint density at radius 2 is 1.92 bits per heavy atom. The summed E-state index contributed by atoms with van der Waals surface area (Å²) in [4.78, 5) is 13.6. The van der Waals surface area contributed by atoms with Crippen LogP contribution in [0.15, 0.2) is 52.0 Å². The van der Waals surface area contributed by atoms with Crippen molar-refractivity contribution < 1.29 is 22.0 Å². The van der Waals surface area contributed by atoms with E-state index in [0.717, 1.165) is 12.1 Å². The maximum atomic E-state index is 13.8. The van der Waals surface area contributed by atoms with Crippen molar-refractivity contribution in [3.05, 3.63) is 54.2 Å². The van der Waals surface area contributed by atoms with E-state index in [1.165, 1.54) is 23.3 Å². The van der Waals surface area contributed by atoms with Gasteiger partial charge in [0, 0.05) is 7.05 Å². The predicted molar refractivity (Wildman–Crippen MR) is 90.5 cm³/mol. The maximum Gasteiger partial charge on any atom is 0.244 e. The van der Waals surface area contributed by atoms with Gasteiger partial charge in [-0.15, -0.1) is 0 Å². The summed E-state index contributed by atoms with van der Waals surface area (Å²) < 4.78 is 46.3. The average molecular weight is 368 g/mol. The second-order valence-electron chi connectivity index (χ2n) is 6.05. The van der Waals surface area contributed by atoms with Crippen LogP contribution in [0.5, 0.6) is 0 Å². The van der Waals surface area contributed by atoms with Crippen LogP contribution < -0.4 is 4.72 Å². The van der Waals surface area contributed by atoms with Gasteiger partial charge >= 0.3 is 0 Å². The van der Waals surface area contributed by atoms with Gasteiger partial charge in [-0.05, 0) is 30.2 Å². The molecule has 0 bridgehead atoms. The molecule has 8 heteroatoms. The molecular formula is C17H21FN2O4S. The second-order valence-corrected chi connectivity index (χ2v) is 7.73. The van der Waals surface area contributed by atoms with Gasteiger partial charge in [-0.3, -0.25) is 4.79 Å². The topological polar surface area (TPSA) is 79.6 Å². The van der Waals surface area contributed by atoms with Crippen LogP contribution in [0.1, 0.15) is 19.6 Å². The number of hydrogen-bond donors (Lipinski definition) is 1. The van der Waals surface area contributed by atoms with E-state index in [-0.39, 0.29) is 12.5 Å². The minimum Gasteiger partial charge on any atom is -0.467 e. The molecule has 0 aliphatic heterocycles. The van der Waals surface area contributed by atoms with Crippen molar-refractivity contribution in [1.29, 1.82) is 0 Å². The Bertz CT molecular complexity index is 819. The molecule has 1 amide bonds. The zero-order valence-corrected chi connectivity index (χ0v) is 15.1. The first-order valence-corrected chi connectivity index (χ1v) is 9.25. The number of likely N-dealkylation sites (N-methyl/N-ethyl adjacent to an activating group) is 1. The Morgan fingerprint density at radius 1 is 1.24 bits per heavy atom. The van der Waals surface area contributed by atoms with Crippen LogP contribution in [-0.2, 0) is 21.4 Å². The molecule has 6 nitrogen and oxygen atoms in total. The van der Waals surface area contributed by atoms with Gasteiger partial charge in [0.15, 0.2) is 0 Å². The van der Waals surface area contributed by atoms with Crippen LogP contribution in [0.25, 0.3) is 0 Å². The molecule has 25 heavy (non-hydrogen) atoms. The first-order chi connectivity index (χ1) is 11.7. The van der Waals surface area contributed by atoms with Gasteiger partial charge in [0.25, 0.3) is 0 Å². The number of carbonyl (C=O) groups is 1. The summed E-state index contributed by atoms with van der Waals surface area (Å²) in [5, 5.41) is 0. The van der Waals surface area contributed by atoms with E-state index in [2.05, 4.69) is 4.72 Å². The molecule has 2 aromatic rings. The lowest BCUT2D eigenvalue weighted by atomic mass is 10.0.